The van der Waals surface area contributed by atoms with E-state index in [9.17, 15) is 13.2 Å². The lowest BCUT2D eigenvalue weighted by molar-refractivity contribution is -0.192. The fraction of sp³-hybridized carbons (Fsp3) is 0.389. The summed E-state index contributed by atoms with van der Waals surface area (Å²) in [5.74, 6) is -2.04. The van der Waals surface area contributed by atoms with Crippen molar-refractivity contribution in [3.63, 3.8) is 0 Å². The van der Waals surface area contributed by atoms with Crippen LogP contribution < -0.4 is 10.6 Å². The zero-order chi connectivity index (χ0) is 19.4. The van der Waals surface area contributed by atoms with Crippen LogP contribution in [0.4, 0.5) is 24.8 Å². The maximum Gasteiger partial charge on any atom is 0.490 e. The van der Waals surface area contributed by atoms with Crippen LogP contribution in [0.25, 0.3) is 0 Å². The molecule has 4 rings (SSSR count). The zero-order valence-corrected chi connectivity index (χ0v) is 14.4. The topological polar surface area (TPSA) is 87.1 Å². The normalized spacial score (nSPS) is 15.2. The Hall–Kier alpha value is -2.68. The first kappa shape index (κ1) is 19.1. The van der Waals surface area contributed by atoms with Crippen molar-refractivity contribution in [2.24, 2.45) is 0 Å². The molecule has 1 aliphatic carbocycles. The number of nitrogens with one attached hydrogen (secondary N) is 2. The summed E-state index contributed by atoms with van der Waals surface area (Å²) in [5.41, 5.74) is 6.44. The predicted molar refractivity (Wildman–Crippen MR) is 92.9 cm³/mol. The number of nitrogens with zero attached hydrogens (tertiary/aromatic N) is 2. The van der Waals surface area contributed by atoms with E-state index in [1.165, 1.54) is 28.8 Å². The third kappa shape index (κ3) is 4.94. The quantitative estimate of drug-likeness (QED) is 0.743. The molecule has 0 atom stereocenters. The van der Waals surface area contributed by atoms with Crippen molar-refractivity contribution in [3.05, 3.63) is 46.8 Å². The first-order valence-electron chi connectivity index (χ1n) is 8.57. The average Bonchev–Trinajstić information content (AvgIpc) is 3.09. The fourth-order valence-corrected chi connectivity index (χ4v) is 3.06. The Morgan fingerprint density at radius 1 is 1.15 bits per heavy atom. The van der Waals surface area contributed by atoms with Gasteiger partial charge in [-0.05, 0) is 61.1 Å². The smallest absolute Gasteiger partial charge is 0.475 e. The van der Waals surface area contributed by atoms with Crippen molar-refractivity contribution in [1.29, 1.82) is 0 Å². The van der Waals surface area contributed by atoms with E-state index in [0.29, 0.717) is 0 Å². The molecule has 0 spiro atoms. The number of carboxylic acids is 1. The highest BCUT2D eigenvalue weighted by Crippen LogP contribution is 2.23. The number of carboxylic acid groups (broad SMARTS) is 1. The molecular weight excluding hydrogens is 361 g/mol. The number of aliphatic carboxylic acids is 1. The molecule has 0 saturated carbocycles. The number of hydrogen-bond acceptors (Lipinski definition) is 5. The molecule has 0 amide bonds. The van der Waals surface area contributed by atoms with Gasteiger partial charge >= 0.3 is 12.1 Å². The number of halogens is 3. The maximum absolute atomic E-state index is 10.6. The standard InChI is InChI=1S/C16H18N4.C2HF3O2/c1-2-13-10-18-16(20-15(13)3-1)19-14-5-4-12-9-17-7-6-11(12)8-14;3-2(4,5)1(6)7/h4-5,8,10,17H,1-3,6-7,9H2,(H,18,19,20);(H,6,7). The third-order valence-corrected chi connectivity index (χ3v) is 4.41. The Balaban J connectivity index is 0.000000260. The van der Waals surface area contributed by atoms with Crippen molar-refractivity contribution < 1.29 is 23.1 Å². The Bertz CT molecular complexity index is 840. The van der Waals surface area contributed by atoms with Gasteiger partial charge in [-0.2, -0.15) is 13.2 Å². The van der Waals surface area contributed by atoms with Crippen molar-refractivity contribution in [2.75, 3.05) is 11.9 Å². The van der Waals surface area contributed by atoms with Crippen LogP contribution >= 0.6 is 0 Å². The summed E-state index contributed by atoms with van der Waals surface area (Å²) in [7, 11) is 0. The second-order valence-electron chi connectivity index (χ2n) is 6.36. The molecule has 0 unspecified atom stereocenters. The van der Waals surface area contributed by atoms with Crippen LogP contribution in [-0.4, -0.2) is 33.8 Å². The molecule has 3 N–H and O–H groups in total. The molecule has 2 aliphatic rings. The largest absolute Gasteiger partial charge is 0.490 e. The Labute approximate surface area is 153 Å². The van der Waals surface area contributed by atoms with E-state index in [4.69, 9.17) is 9.90 Å². The van der Waals surface area contributed by atoms with Crippen LogP contribution in [0.2, 0.25) is 0 Å². The summed E-state index contributed by atoms with van der Waals surface area (Å²) >= 11 is 0. The minimum atomic E-state index is -5.08. The van der Waals surface area contributed by atoms with Crippen LogP contribution in [0.3, 0.4) is 0 Å². The number of fused-ring (bicyclic) bond motifs is 2. The Morgan fingerprint density at radius 2 is 1.93 bits per heavy atom. The molecule has 6 nitrogen and oxygen atoms in total. The molecule has 9 heteroatoms. The van der Waals surface area contributed by atoms with E-state index in [2.05, 4.69) is 38.8 Å². The molecule has 2 aromatic rings. The highest BCUT2D eigenvalue weighted by molar-refractivity contribution is 5.73. The Morgan fingerprint density at radius 3 is 2.67 bits per heavy atom. The van der Waals surface area contributed by atoms with Crippen molar-refractivity contribution in [3.8, 4) is 0 Å². The molecule has 1 aliphatic heterocycles. The molecule has 144 valence electrons. The maximum atomic E-state index is 10.6. The summed E-state index contributed by atoms with van der Waals surface area (Å²) in [6, 6.07) is 6.53. The van der Waals surface area contributed by atoms with Gasteiger partial charge in [-0.25, -0.2) is 14.8 Å². The molecule has 1 aromatic carbocycles. The number of anilines is 2. The summed E-state index contributed by atoms with van der Waals surface area (Å²) in [6.45, 7) is 2.04. The van der Waals surface area contributed by atoms with Gasteiger partial charge in [0, 0.05) is 24.1 Å². The summed E-state index contributed by atoms with van der Waals surface area (Å²) in [5, 5.41) is 13.9. The predicted octanol–water partition coefficient (Wildman–Crippen LogP) is 2.99. The van der Waals surface area contributed by atoms with Crippen molar-refractivity contribution in [2.45, 2.75) is 38.4 Å². The van der Waals surface area contributed by atoms with E-state index in [1.807, 2.05) is 6.20 Å². The first-order valence-corrected chi connectivity index (χ1v) is 8.57. The minimum Gasteiger partial charge on any atom is -0.475 e. The van der Waals surface area contributed by atoms with Gasteiger partial charge in [-0.15, -0.1) is 0 Å². The lowest BCUT2D eigenvalue weighted by atomic mass is 10.0. The number of aryl methyl sites for hydroxylation is 2. The monoisotopic (exact) mass is 380 g/mol. The van der Waals surface area contributed by atoms with Gasteiger partial charge in [0.05, 0.1) is 0 Å². The van der Waals surface area contributed by atoms with Crippen molar-refractivity contribution >= 4 is 17.6 Å². The van der Waals surface area contributed by atoms with E-state index in [1.54, 1.807) is 0 Å². The average molecular weight is 380 g/mol. The highest BCUT2D eigenvalue weighted by Gasteiger charge is 2.38. The van der Waals surface area contributed by atoms with Gasteiger partial charge in [-0.1, -0.05) is 6.07 Å². The minimum absolute atomic E-state index is 0.722. The number of rotatable bonds is 2. The third-order valence-electron chi connectivity index (χ3n) is 4.41. The molecule has 0 bridgehead atoms. The molecule has 2 heterocycles. The van der Waals surface area contributed by atoms with Crippen LogP contribution in [0.1, 0.15) is 28.8 Å². The van der Waals surface area contributed by atoms with Gasteiger partial charge in [0.1, 0.15) is 0 Å². The summed E-state index contributed by atoms with van der Waals surface area (Å²) in [6.07, 6.45) is 1.40. The summed E-state index contributed by atoms with van der Waals surface area (Å²) < 4.78 is 31.7. The van der Waals surface area contributed by atoms with Crippen LogP contribution in [0, 0.1) is 0 Å². The molecule has 0 radical (unpaired) electrons. The first-order chi connectivity index (χ1) is 12.8. The van der Waals surface area contributed by atoms with Gasteiger partial charge in [-0.3, -0.25) is 0 Å². The second-order valence-corrected chi connectivity index (χ2v) is 6.36. The number of aromatic nitrogens is 2. The number of carbonyl (C=O) groups is 1. The molecular formula is C18H19F3N4O2. The second kappa shape index (κ2) is 7.91. The van der Waals surface area contributed by atoms with Crippen LogP contribution in [0.5, 0.6) is 0 Å². The Kier molecular flexibility index (Phi) is 5.59. The SMILES string of the molecule is O=C(O)C(F)(F)F.c1cc2c(cc1Nc1ncc3c(n1)CCC3)CCNC2. The van der Waals surface area contributed by atoms with E-state index in [0.717, 1.165) is 44.0 Å². The van der Waals surface area contributed by atoms with Crippen molar-refractivity contribution in [1.82, 2.24) is 15.3 Å². The van der Waals surface area contributed by atoms with Gasteiger partial charge in [0.2, 0.25) is 5.95 Å². The summed E-state index contributed by atoms with van der Waals surface area (Å²) in [4.78, 5) is 17.9. The lowest BCUT2D eigenvalue weighted by Gasteiger charge is -2.18. The van der Waals surface area contributed by atoms with Gasteiger partial charge in [0.15, 0.2) is 0 Å². The molecule has 1 aromatic heterocycles. The fourth-order valence-electron chi connectivity index (χ4n) is 3.06. The number of hydrogen-bond donors (Lipinski definition) is 3. The van der Waals surface area contributed by atoms with E-state index < -0.39 is 12.1 Å². The zero-order valence-electron chi connectivity index (χ0n) is 14.4. The number of alkyl halides is 3. The van der Waals surface area contributed by atoms with Gasteiger partial charge < -0.3 is 15.7 Å². The van der Waals surface area contributed by atoms with Crippen LogP contribution in [-0.2, 0) is 30.6 Å². The van der Waals surface area contributed by atoms with Gasteiger partial charge in [0.25, 0.3) is 0 Å². The molecule has 27 heavy (non-hydrogen) atoms. The molecule has 0 saturated heterocycles. The highest BCUT2D eigenvalue weighted by atomic mass is 19.4. The lowest BCUT2D eigenvalue weighted by Crippen LogP contribution is -2.23. The van der Waals surface area contributed by atoms with E-state index in [-0.39, 0.29) is 0 Å². The van der Waals surface area contributed by atoms with E-state index >= 15 is 0 Å². The molecule has 0 fully saturated rings. The van der Waals surface area contributed by atoms with Crippen LogP contribution in [0.15, 0.2) is 24.4 Å². The number of benzene rings is 1.